The maximum Gasteiger partial charge on any atom is 0.331 e. The normalized spacial score (nSPS) is 11.7. The fourth-order valence-electron chi connectivity index (χ4n) is 2.18. The number of amides is 1. The Morgan fingerprint density at radius 2 is 1.78 bits per heavy atom. The SMILES string of the molecule is COc1ccc(/C=C/C(=O)OC(C)C(=O)Nc2ccccc2Cl)cc1OC. The highest BCUT2D eigenvalue weighted by molar-refractivity contribution is 6.33. The van der Waals surface area contributed by atoms with Gasteiger partial charge in [-0.2, -0.15) is 0 Å². The van der Waals surface area contributed by atoms with E-state index in [1.807, 2.05) is 0 Å². The first kappa shape index (κ1) is 20.3. The molecule has 0 aliphatic carbocycles. The zero-order valence-corrected chi connectivity index (χ0v) is 15.9. The molecule has 2 aromatic rings. The average molecular weight is 390 g/mol. The van der Waals surface area contributed by atoms with Gasteiger partial charge in [0.15, 0.2) is 17.6 Å². The number of carbonyl (C=O) groups is 2. The summed E-state index contributed by atoms with van der Waals surface area (Å²) in [6.07, 6.45) is 1.81. The van der Waals surface area contributed by atoms with Crippen molar-refractivity contribution in [3.63, 3.8) is 0 Å². The van der Waals surface area contributed by atoms with Crippen LogP contribution >= 0.6 is 11.6 Å². The van der Waals surface area contributed by atoms with Crippen molar-refractivity contribution < 1.29 is 23.8 Å². The van der Waals surface area contributed by atoms with Crippen molar-refractivity contribution in [3.05, 3.63) is 59.1 Å². The van der Waals surface area contributed by atoms with E-state index in [-0.39, 0.29) is 0 Å². The highest BCUT2D eigenvalue weighted by Gasteiger charge is 2.17. The first-order valence-electron chi connectivity index (χ1n) is 8.10. The molecule has 0 aromatic heterocycles. The molecule has 0 aliphatic heterocycles. The summed E-state index contributed by atoms with van der Waals surface area (Å²) in [6.45, 7) is 1.48. The third kappa shape index (κ3) is 5.76. The predicted octanol–water partition coefficient (Wildman–Crippen LogP) is 3.94. The number of ether oxygens (including phenoxy) is 3. The van der Waals surface area contributed by atoms with Crippen LogP contribution in [0.15, 0.2) is 48.5 Å². The van der Waals surface area contributed by atoms with E-state index in [2.05, 4.69) is 5.32 Å². The summed E-state index contributed by atoms with van der Waals surface area (Å²) in [5, 5.41) is 3.01. The van der Waals surface area contributed by atoms with Crippen molar-refractivity contribution >= 4 is 35.2 Å². The number of carbonyl (C=O) groups excluding carboxylic acids is 2. The van der Waals surface area contributed by atoms with Gasteiger partial charge in [0, 0.05) is 6.08 Å². The first-order valence-corrected chi connectivity index (χ1v) is 8.48. The molecule has 1 atom stereocenters. The number of rotatable bonds is 7. The number of nitrogens with one attached hydrogen (secondary N) is 1. The zero-order valence-electron chi connectivity index (χ0n) is 15.2. The summed E-state index contributed by atoms with van der Waals surface area (Å²) in [6, 6.07) is 12.0. The predicted molar refractivity (Wildman–Crippen MR) is 104 cm³/mol. The van der Waals surface area contributed by atoms with Crippen LogP contribution < -0.4 is 14.8 Å². The van der Waals surface area contributed by atoms with E-state index in [0.29, 0.717) is 22.2 Å². The van der Waals surface area contributed by atoms with Crippen molar-refractivity contribution in [2.75, 3.05) is 19.5 Å². The number of benzene rings is 2. The van der Waals surface area contributed by atoms with Gasteiger partial charge in [0.25, 0.3) is 5.91 Å². The lowest BCUT2D eigenvalue weighted by Gasteiger charge is -2.13. The fraction of sp³-hybridized carbons (Fsp3) is 0.200. The summed E-state index contributed by atoms with van der Waals surface area (Å²) in [5.74, 6) is 0.00477. The van der Waals surface area contributed by atoms with E-state index in [0.717, 1.165) is 5.56 Å². The molecule has 0 bridgehead atoms. The lowest BCUT2D eigenvalue weighted by molar-refractivity contribution is -0.148. The largest absolute Gasteiger partial charge is 0.493 e. The minimum atomic E-state index is -0.983. The van der Waals surface area contributed by atoms with E-state index in [9.17, 15) is 9.59 Å². The molecule has 6 nitrogen and oxygen atoms in total. The molecule has 1 unspecified atom stereocenters. The molecule has 0 aliphatic rings. The van der Waals surface area contributed by atoms with Crippen LogP contribution in [-0.4, -0.2) is 32.2 Å². The minimum absolute atomic E-state index is 0.401. The second kappa shape index (κ2) is 9.64. The average Bonchev–Trinajstić information content (AvgIpc) is 2.67. The Bertz CT molecular complexity index is 850. The molecule has 2 rings (SSSR count). The summed E-state index contributed by atoms with van der Waals surface area (Å²) in [4.78, 5) is 24.1. The van der Waals surface area contributed by atoms with Gasteiger partial charge in [-0.1, -0.05) is 29.8 Å². The van der Waals surface area contributed by atoms with Gasteiger partial charge in [0.1, 0.15) is 0 Å². The molecule has 0 radical (unpaired) electrons. The van der Waals surface area contributed by atoms with E-state index in [1.165, 1.54) is 20.1 Å². The smallest absolute Gasteiger partial charge is 0.331 e. The topological polar surface area (TPSA) is 73.9 Å². The summed E-state index contributed by atoms with van der Waals surface area (Å²) >= 11 is 5.99. The molecular formula is C20H20ClNO5. The quantitative estimate of drug-likeness (QED) is 0.573. The van der Waals surface area contributed by atoms with Crippen molar-refractivity contribution in [3.8, 4) is 11.5 Å². The van der Waals surface area contributed by atoms with Crippen LogP contribution in [0.5, 0.6) is 11.5 Å². The van der Waals surface area contributed by atoms with Gasteiger partial charge in [-0.15, -0.1) is 0 Å². The van der Waals surface area contributed by atoms with Crippen LogP contribution in [0.1, 0.15) is 12.5 Å². The highest BCUT2D eigenvalue weighted by atomic mass is 35.5. The maximum atomic E-state index is 12.1. The lowest BCUT2D eigenvalue weighted by atomic mass is 10.2. The van der Waals surface area contributed by atoms with Crippen molar-refractivity contribution in [1.82, 2.24) is 0 Å². The number of hydrogen-bond donors (Lipinski definition) is 1. The molecule has 0 spiro atoms. The maximum absolute atomic E-state index is 12.1. The number of halogens is 1. The van der Waals surface area contributed by atoms with E-state index in [1.54, 1.807) is 55.7 Å². The molecule has 0 fully saturated rings. The molecular weight excluding hydrogens is 370 g/mol. The van der Waals surface area contributed by atoms with Crippen LogP contribution in [-0.2, 0) is 14.3 Å². The molecule has 1 N–H and O–H groups in total. The molecule has 7 heteroatoms. The van der Waals surface area contributed by atoms with Crippen LogP contribution in [0, 0.1) is 0 Å². The van der Waals surface area contributed by atoms with Crippen LogP contribution in [0.2, 0.25) is 5.02 Å². The molecule has 0 saturated heterocycles. The first-order chi connectivity index (χ1) is 12.9. The molecule has 2 aromatic carbocycles. The third-order valence-electron chi connectivity index (χ3n) is 3.61. The van der Waals surface area contributed by atoms with Crippen molar-refractivity contribution in [2.45, 2.75) is 13.0 Å². The Morgan fingerprint density at radius 1 is 1.07 bits per heavy atom. The monoisotopic (exact) mass is 389 g/mol. The lowest BCUT2D eigenvalue weighted by Crippen LogP contribution is -2.29. The molecule has 1 amide bonds. The number of para-hydroxylation sites is 1. The Morgan fingerprint density at radius 3 is 2.44 bits per heavy atom. The van der Waals surface area contributed by atoms with Crippen molar-refractivity contribution in [2.24, 2.45) is 0 Å². The van der Waals surface area contributed by atoms with Gasteiger partial charge >= 0.3 is 5.97 Å². The molecule has 27 heavy (non-hydrogen) atoms. The van der Waals surface area contributed by atoms with Gasteiger partial charge in [0.2, 0.25) is 0 Å². The Labute approximate surface area is 162 Å². The highest BCUT2D eigenvalue weighted by Crippen LogP contribution is 2.28. The van der Waals surface area contributed by atoms with E-state index < -0.39 is 18.0 Å². The van der Waals surface area contributed by atoms with Gasteiger partial charge < -0.3 is 19.5 Å². The van der Waals surface area contributed by atoms with Gasteiger partial charge in [0.05, 0.1) is 24.9 Å². The Hall–Kier alpha value is -2.99. The second-order valence-electron chi connectivity index (χ2n) is 5.50. The Kier molecular flexibility index (Phi) is 7.25. The standard InChI is InChI=1S/C20H20ClNO5/c1-13(20(24)22-16-7-5-4-6-15(16)21)27-19(23)11-9-14-8-10-17(25-2)18(12-14)26-3/h4-13H,1-3H3,(H,22,24)/b11-9+. The van der Waals surface area contributed by atoms with Gasteiger partial charge in [-0.05, 0) is 42.8 Å². The number of methoxy groups -OCH3 is 2. The molecule has 0 heterocycles. The minimum Gasteiger partial charge on any atom is -0.493 e. The summed E-state index contributed by atoms with van der Waals surface area (Å²) in [5.41, 5.74) is 1.17. The number of hydrogen-bond acceptors (Lipinski definition) is 5. The van der Waals surface area contributed by atoms with Crippen LogP contribution in [0.25, 0.3) is 6.08 Å². The van der Waals surface area contributed by atoms with Crippen LogP contribution in [0.4, 0.5) is 5.69 Å². The number of anilines is 1. The van der Waals surface area contributed by atoms with Gasteiger partial charge in [-0.25, -0.2) is 4.79 Å². The molecule has 0 saturated carbocycles. The van der Waals surface area contributed by atoms with E-state index in [4.69, 9.17) is 25.8 Å². The molecule has 142 valence electrons. The Balaban J connectivity index is 1.95. The summed E-state index contributed by atoms with van der Waals surface area (Å²) < 4.78 is 15.5. The van der Waals surface area contributed by atoms with E-state index >= 15 is 0 Å². The third-order valence-corrected chi connectivity index (χ3v) is 3.94. The number of esters is 1. The zero-order chi connectivity index (χ0) is 19.8. The van der Waals surface area contributed by atoms with Crippen LogP contribution in [0.3, 0.4) is 0 Å². The summed E-state index contributed by atoms with van der Waals surface area (Å²) in [7, 11) is 3.07. The fourth-order valence-corrected chi connectivity index (χ4v) is 2.37. The van der Waals surface area contributed by atoms with Crippen molar-refractivity contribution in [1.29, 1.82) is 0 Å². The van der Waals surface area contributed by atoms with Gasteiger partial charge in [-0.3, -0.25) is 4.79 Å². The second-order valence-corrected chi connectivity index (χ2v) is 5.90.